The summed E-state index contributed by atoms with van der Waals surface area (Å²) in [5.74, 6) is -0.0529. The van der Waals surface area contributed by atoms with Crippen molar-refractivity contribution in [3.8, 4) is 22.8 Å². The molecule has 1 saturated heterocycles. The summed E-state index contributed by atoms with van der Waals surface area (Å²) in [5, 5.41) is 13.1. The summed E-state index contributed by atoms with van der Waals surface area (Å²) >= 11 is 0. The van der Waals surface area contributed by atoms with E-state index in [1.165, 1.54) is 12.1 Å². The maximum Gasteiger partial charge on any atom is 0.308 e. The fourth-order valence-corrected chi connectivity index (χ4v) is 3.14. The minimum Gasteiger partial charge on any atom is -0.481 e. The lowest BCUT2D eigenvalue weighted by molar-refractivity contribution is -0.141. The van der Waals surface area contributed by atoms with Crippen LogP contribution in [0.1, 0.15) is 12.8 Å². The van der Waals surface area contributed by atoms with Crippen LogP contribution in [0.2, 0.25) is 0 Å². The number of benzene rings is 1. The minimum atomic E-state index is -0.768. The third-order valence-corrected chi connectivity index (χ3v) is 4.62. The minimum absolute atomic E-state index is 0.315. The SMILES string of the molecule is O=C(O)C1CCCN(c2ccc(-c3nc(-c4ccc(F)cc4)no3)cn2)C1. The van der Waals surface area contributed by atoms with E-state index in [4.69, 9.17) is 4.52 Å². The lowest BCUT2D eigenvalue weighted by atomic mass is 9.98. The van der Waals surface area contributed by atoms with Gasteiger partial charge < -0.3 is 14.5 Å². The first-order valence-corrected chi connectivity index (χ1v) is 8.64. The number of nitrogens with zero attached hydrogens (tertiary/aromatic N) is 4. The Morgan fingerprint density at radius 1 is 1.19 bits per heavy atom. The molecule has 0 aliphatic carbocycles. The molecule has 0 amide bonds. The van der Waals surface area contributed by atoms with Crippen LogP contribution in [0.15, 0.2) is 47.1 Å². The number of anilines is 1. The highest BCUT2D eigenvalue weighted by molar-refractivity contribution is 5.71. The van der Waals surface area contributed by atoms with Gasteiger partial charge in [0, 0.05) is 24.8 Å². The maximum absolute atomic E-state index is 13.0. The second-order valence-electron chi connectivity index (χ2n) is 6.46. The number of hydrogen-bond acceptors (Lipinski definition) is 6. The van der Waals surface area contributed by atoms with Crippen molar-refractivity contribution < 1.29 is 18.8 Å². The van der Waals surface area contributed by atoms with Crippen LogP contribution in [0.3, 0.4) is 0 Å². The van der Waals surface area contributed by atoms with Gasteiger partial charge in [-0.05, 0) is 49.2 Å². The Morgan fingerprint density at radius 2 is 1.96 bits per heavy atom. The summed E-state index contributed by atoms with van der Waals surface area (Å²) in [6.07, 6.45) is 3.14. The van der Waals surface area contributed by atoms with Crippen LogP contribution >= 0.6 is 0 Å². The van der Waals surface area contributed by atoms with E-state index in [9.17, 15) is 14.3 Å². The Labute approximate surface area is 154 Å². The molecule has 3 aromatic rings. The third kappa shape index (κ3) is 3.64. The Balaban J connectivity index is 1.51. The van der Waals surface area contributed by atoms with Gasteiger partial charge in [0.25, 0.3) is 5.89 Å². The molecule has 138 valence electrons. The summed E-state index contributed by atoms with van der Waals surface area (Å²) in [7, 11) is 0. The van der Waals surface area contributed by atoms with E-state index >= 15 is 0 Å². The molecule has 1 aliphatic rings. The molecule has 1 aromatic carbocycles. The number of hydrogen-bond donors (Lipinski definition) is 1. The van der Waals surface area contributed by atoms with Crippen molar-refractivity contribution in [3.05, 3.63) is 48.4 Å². The largest absolute Gasteiger partial charge is 0.481 e. The van der Waals surface area contributed by atoms with Gasteiger partial charge in [0.15, 0.2) is 0 Å². The molecular weight excluding hydrogens is 351 g/mol. The highest BCUT2D eigenvalue weighted by atomic mass is 19.1. The van der Waals surface area contributed by atoms with Crippen LogP contribution in [-0.2, 0) is 4.79 Å². The highest BCUT2D eigenvalue weighted by Gasteiger charge is 2.26. The van der Waals surface area contributed by atoms with Gasteiger partial charge >= 0.3 is 5.97 Å². The number of carboxylic acids is 1. The van der Waals surface area contributed by atoms with E-state index in [2.05, 4.69) is 15.1 Å². The maximum atomic E-state index is 13.0. The normalized spacial score (nSPS) is 17.1. The predicted octanol–water partition coefficient (Wildman–Crippen LogP) is 3.24. The first-order chi connectivity index (χ1) is 13.1. The van der Waals surface area contributed by atoms with Crippen LogP contribution in [0.4, 0.5) is 10.2 Å². The van der Waals surface area contributed by atoms with Crippen LogP contribution < -0.4 is 4.90 Å². The van der Waals surface area contributed by atoms with Crippen molar-refractivity contribution >= 4 is 11.8 Å². The van der Waals surface area contributed by atoms with Gasteiger partial charge in [-0.1, -0.05) is 5.16 Å². The zero-order valence-electron chi connectivity index (χ0n) is 14.4. The smallest absolute Gasteiger partial charge is 0.308 e. The molecule has 7 nitrogen and oxygen atoms in total. The van der Waals surface area contributed by atoms with Gasteiger partial charge in [-0.2, -0.15) is 4.98 Å². The van der Waals surface area contributed by atoms with Gasteiger partial charge in [0.1, 0.15) is 11.6 Å². The van der Waals surface area contributed by atoms with Gasteiger partial charge in [-0.25, -0.2) is 9.37 Å². The quantitative estimate of drug-likeness (QED) is 0.756. The van der Waals surface area contributed by atoms with Crippen LogP contribution in [0.5, 0.6) is 0 Å². The van der Waals surface area contributed by atoms with Gasteiger partial charge in [0.05, 0.1) is 11.5 Å². The third-order valence-electron chi connectivity index (χ3n) is 4.62. The first kappa shape index (κ1) is 17.1. The summed E-state index contributed by atoms with van der Waals surface area (Å²) < 4.78 is 18.3. The molecule has 1 unspecified atom stereocenters. The van der Waals surface area contributed by atoms with Gasteiger partial charge in [-0.15, -0.1) is 0 Å². The van der Waals surface area contributed by atoms with E-state index in [1.807, 2.05) is 17.0 Å². The summed E-state index contributed by atoms with van der Waals surface area (Å²) in [6, 6.07) is 9.48. The lowest BCUT2D eigenvalue weighted by Gasteiger charge is -2.31. The molecule has 1 N–H and O–H groups in total. The second-order valence-corrected chi connectivity index (χ2v) is 6.46. The molecule has 4 rings (SSSR count). The molecular formula is C19H17FN4O3. The highest BCUT2D eigenvalue weighted by Crippen LogP contribution is 2.25. The molecule has 0 bridgehead atoms. The summed E-state index contributed by atoms with van der Waals surface area (Å²) in [6.45, 7) is 1.24. The zero-order chi connectivity index (χ0) is 18.8. The standard InChI is InChI=1S/C19H17FN4O3/c20-15-6-3-12(4-7-15)17-22-18(27-23-17)13-5-8-16(21-10-13)24-9-1-2-14(11-24)19(25)26/h3-8,10,14H,1-2,9,11H2,(H,25,26). The van der Waals surface area contributed by atoms with Crippen LogP contribution in [0.25, 0.3) is 22.8 Å². The number of carbonyl (C=O) groups is 1. The average Bonchev–Trinajstić information content (AvgIpc) is 3.19. The average molecular weight is 368 g/mol. The van der Waals surface area contributed by atoms with Crippen LogP contribution in [0, 0.1) is 11.7 Å². The molecule has 1 fully saturated rings. The van der Waals surface area contributed by atoms with Crippen molar-refractivity contribution in [3.63, 3.8) is 0 Å². The van der Waals surface area contributed by atoms with E-state index in [0.29, 0.717) is 35.8 Å². The van der Waals surface area contributed by atoms with Crippen LogP contribution in [-0.4, -0.2) is 39.3 Å². The van der Waals surface area contributed by atoms with Crippen molar-refractivity contribution in [1.82, 2.24) is 15.1 Å². The Morgan fingerprint density at radius 3 is 2.67 bits per heavy atom. The molecule has 1 atom stereocenters. The number of piperidine rings is 1. The fraction of sp³-hybridized carbons (Fsp3) is 0.263. The number of aromatic nitrogens is 3. The number of rotatable bonds is 4. The van der Waals surface area contributed by atoms with Crippen molar-refractivity contribution in [1.29, 1.82) is 0 Å². The second kappa shape index (κ2) is 7.14. The summed E-state index contributed by atoms with van der Waals surface area (Å²) in [4.78, 5) is 21.9. The fourth-order valence-electron chi connectivity index (χ4n) is 3.14. The monoisotopic (exact) mass is 368 g/mol. The Hall–Kier alpha value is -3.29. The van der Waals surface area contributed by atoms with E-state index in [1.54, 1.807) is 18.3 Å². The van der Waals surface area contributed by atoms with E-state index in [-0.39, 0.29) is 11.7 Å². The number of carboxylic acid groups (broad SMARTS) is 1. The molecule has 0 spiro atoms. The van der Waals surface area contributed by atoms with Crippen molar-refractivity contribution in [2.24, 2.45) is 5.92 Å². The van der Waals surface area contributed by atoms with Gasteiger partial charge in [-0.3, -0.25) is 4.79 Å². The predicted molar refractivity (Wildman–Crippen MR) is 95.5 cm³/mol. The molecule has 0 radical (unpaired) electrons. The number of aliphatic carboxylic acids is 1. The van der Waals surface area contributed by atoms with Crippen molar-refractivity contribution in [2.45, 2.75) is 12.8 Å². The molecule has 1 aliphatic heterocycles. The van der Waals surface area contributed by atoms with E-state index < -0.39 is 5.97 Å². The summed E-state index contributed by atoms with van der Waals surface area (Å²) in [5.41, 5.74) is 1.32. The zero-order valence-corrected chi connectivity index (χ0v) is 14.4. The first-order valence-electron chi connectivity index (χ1n) is 8.64. The molecule has 8 heteroatoms. The molecule has 3 heterocycles. The topological polar surface area (TPSA) is 92.3 Å². The van der Waals surface area contributed by atoms with Gasteiger partial charge in [0.2, 0.25) is 5.82 Å². The lowest BCUT2D eigenvalue weighted by Crippen LogP contribution is -2.39. The Kier molecular flexibility index (Phi) is 4.53. The molecule has 27 heavy (non-hydrogen) atoms. The number of pyridine rings is 1. The van der Waals surface area contributed by atoms with E-state index in [0.717, 1.165) is 18.8 Å². The van der Waals surface area contributed by atoms with Crippen molar-refractivity contribution in [2.75, 3.05) is 18.0 Å². The number of halogens is 1. The molecule has 2 aromatic heterocycles. The molecule has 0 saturated carbocycles. The Bertz CT molecular complexity index is 940.